The molecule has 2 N–H and O–H groups in total. The van der Waals surface area contributed by atoms with Gasteiger partial charge in [0, 0.05) is 25.0 Å². The maximum Gasteiger partial charge on any atom is 0.250 e. The molecule has 1 heterocycles. The molecule has 0 radical (unpaired) electrons. The minimum atomic E-state index is -0.420. The molecule has 126 valence electrons. The fraction of sp³-hybridized carbons (Fsp3) is 0.611. The molecule has 5 heteroatoms. The van der Waals surface area contributed by atoms with Gasteiger partial charge in [0.15, 0.2) is 0 Å². The van der Waals surface area contributed by atoms with E-state index in [2.05, 4.69) is 10.6 Å². The average molecular weight is 320 g/mol. The predicted octanol–water partition coefficient (Wildman–Crippen LogP) is 2.13. The minimum Gasteiger partial charge on any atom is -0.366 e. The standard InChI is InChI=1S/C18H25FN2O2/c19-15-6-4-5-14(11-15)18(7-2-1-3-8-18)13-21-17(22)16-12-20-9-10-23-16/h4-6,11,16,20H,1-3,7-10,12-13H2,(H,21,22). The normalized spacial score (nSPS) is 24.1. The van der Waals surface area contributed by atoms with Gasteiger partial charge >= 0.3 is 0 Å². The molecule has 0 spiro atoms. The zero-order chi connectivity index (χ0) is 16.1. The van der Waals surface area contributed by atoms with Crippen LogP contribution in [0.25, 0.3) is 0 Å². The van der Waals surface area contributed by atoms with Gasteiger partial charge in [0.25, 0.3) is 0 Å². The number of nitrogens with one attached hydrogen (secondary N) is 2. The largest absolute Gasteiger partial charge is 0.366 e. The van der Waals surface area contributed by atoms with Gasteiger partial charge in [-0.15, -0.1) is 0 Å². The number of amides is 1. The molecule has 0 bridgehead atoms. The maximum atomic E-state index is 13.7. The fourth-order valence-electron chi connectivity index (χ4n) is 3.72. The van der Waals surface area contributed by atoms with Crippen molar-refractivity contribution < 1.29 is 13.9 Å². The number of halogens is 1. The summed E-state index contributed by atoms with van der Waals surface area (Å²) in [7, 11) is 0. The predicted molar refractivity (Wildman–Crippen MR) is 86.8 cm³/mol. The van der Waals surface area contributed by atoms with Gasteiger partial charge in [-0.1, -0.05) is 31.4 Å². The van der Waals surface area contributed by atoms with E-state index in [0.717, 1.165) is 37.8 Å². The van der Waals surface area contributed by atoms with E-state index in [9.17, 15) is 9.18 Å². The zero-order valence-corrected chi connectivity index (χ0v) is 13.4. The molecule has 0 aromatic heterocycles. The third-order valence-corrected chi connectivity index (χ3v) is 5.07. The molecule has 23 heavy (non-hydrogen) atoms. The summed E-state index contributed by atoms with van der Waals surface area (Å²) in [5.41, 5.74) is 0.846. The highest BCUT2D eigenvalue weighted by atomic mass is 19.1. The second-order valence-corrected chi connectivity index (χ2v) is 6.63. The van der Waals surface area contributed by atoms with Crippen LogP contribution in [0.3, 0.4) is 0 Å². The van der Waals surface area contributed by atoms with Crippen LogP contribution in [0.4, 0.5) is 4.39 Å². The van der Waals surface area contributed by atoms with Crippen LogP contribution in [0.15, 0.2) is 24.3 Å². The highest BCUT2D eigenvalue weighted by Crippen LogP contribution is 2.39. The Morgan fingerprint density at radius 2 is 2.17 bits per heavy atom. The highest BCUT2D eigenvalue weighted by Gasteiger charge is 2.35. The van der Waals surface area contributed by atoms with Crippen molar-refractivity contribution in [1.82, 2.24) is 10.6 Å². The van der Waals surface area contributed by atoms with E-state index in [-0.39, 0.29) is 17.1 Å². The first-order valence-electron chi connectivity index (χ1n) is 8.56. The Bertz CT molecular complexity index is 538. The van der Waals surface area contributed by atoms with Crippen LogP contribution < -0.4 is 10.6 Å². The Morgan fingerprint density at radius 3 is 2.87 bits per heavy atom. The third kappa shape index (κ3) is 3.90. The average Bonchev–Trinajstić information content (AvgIpc) is 2.61. The molecule has 4 nitrogen and oxygen atoms in total. The molecule has 1 aliphatic carbocycles. The molecular weight excluding hydrogens is 295 g/mol. The van der Waals surface area contributed by atoms with Crippen molar-refractivity contribution in [1.29, 1.82) is 0 Å². The number of hydrogen-bond acceptors (Lipinski definition) is 3. The number of carbonyl (C=O) groups is 1. The van der Waals surface area contributed by atoms with E-state index >= 15 is 0 Å². The molecule has 1 amide bonds. The van der Waals surface area contributed by atoms with Gasteiger partial charge in [-0.05, 0) is 30.5 Å². The summed E-state index contributed by atoms with van der Waals surface area (Å²) < 4.78 is 19.2. The fourth-order valence-corrected chi connectivity index (χ4v) is 3.72. The van der Waals surface area contributed by atoms with Crippen molar-refractivity contribution in [3.05, 3.63) is 35.6 Å². The van der Waals surface area contributed by atoms with Crippen LogP contribution in [0.5, 0.6) is 0 Å². The summed E-state index contributed by atoms with van der Waals surface area (Å²) in [6.45, 7) is 2.46. The molecule has 1 aromatic rings. The number of hydrogen-bond donors (Lipinski definition) is 2. The lowest BCUT2D eigenvalue weighted by Gasteiger charge is -2.38. The molecule has 1 atom stereocenters. The lowest BCUT2D eigenvalue weighted by molar-refractivity contribution is -0.134. The first kappa shape index (κ1) is 16.4. The van der Waals surface area contributed by atoms with Crippen molar-refractivity contribution >= 4 is 5.91 Å². The lowest BCUT2D eigenvalue weighted by Crippen LogP contribution is -2.51. The van der Waals surface area contributed by atoms with Gasteiger partial charge in [-0.3, -0.25) is 4.79 Å². The van der Waals surface area contributed by atoms with Gasteiger partial charge in [0.1, 0.15) is 11.9 Å². The van der Waals surface area contributed by atoms with Crippen LogP contribution in [0.1, 0.15) is 37.7 Å². The van der Waals surface area contributed by atoms with E-state index in [4.69, 9.17) is 4.74 Å². The minimum absolute atomic E-state index is 0.0708. The first-order chi connectivity index (χ1) is 11.2. The van der Waals surface area contributed by atoms with Gasteiger partial charge < -0.3 is 15.4 Å². The Morgan fingerprint density at radius 1 is 1.35 bits per heavy atom. The maximum absolute atomic E-state index is 13.7. The number of carbonyl (C=O) groups excluding carboxylic acids is 1. The van der Waals surface area contributed by atoms with Gasteiger partial charge in [-0.25, -0.2) is 4.39 Å². The van der Waals surface area contributed by atoms with E-state index < -0.39 is 6.10 Å². The van der Waals surface area contributed by atoms with Crippen molar-refractivity contribution in [2.24, 2.45) is 0 Å². The summed E-state index contributed by atoms with van der Waals surface area (Å²) in [5, 5.41) is 6.22. The van der Waals surface area contributed by atoms with Crippen molar-refractivity contribution in [2.75, 3.05) is 26.2 Å². The van der Waals surface area contributed by atoms with Crippen molar-refractivity contribution in [3.8, 4) is 0 Å². The first-order valence-corrected chi connectivity index (χ1v) is 8.56. The Hall–Kier alpha value is -1.46. The van der Waals surface area contributed by atoms with Gasteiger partial charge in [0.2, 0.25) is 5.91 Å². The van der Waals surface area contributed by atoms with Crippen LogP contribution >= 0.6 is 0 Å². The molecule has 1 aromatic carbocycles. The van der Waals surface area contributed by atoms with E-state index in [0.29, 0.717) is 19.7 Å². The van der Waals surface area contributed by atoms with Crippen LogP contribution in [-0.2, 0) is 14.9 Å². The van der Waals surface area contributed by atoms with E-state index in [1.54, 1.807) is 12.1 Å². The molecule has 1 aliphatic heterocycles. The molecule has 1 unspecified atom stereocenters. The SMILES string of the molecule is O=C(NCC1(c2cccc(F)c2)CCCCC1)C1CNCCO1. The summed E-state index contributed by atoms with van der Waals surface area (Å²) in [6, 6.07) is 6.84. The smallest absolute Gasteiger partial charge is 0.250 e. The molecule has 1 saturated carbocycles. The van der Waals surface area contributed by atoms with Crippen molar-refractivity contribution in [3.63, 3.8) is 0 Å². The summed E-state index contributed by atoms with van der Waals surface area (Å²) >= 11 is 0. The quantitative estimate of drug-likeness (QED) is 0.893. The molecule has 2 fully saturated rings. The molecule has 1 saturated heterocycles. The Kier molecular flexibility index (Phi) is 5.28. The topological polar surface area (TPSA) is 50.4 Å². The Balaban J connectivity index is 1.70. The molecular formula is C18H25FN2O2. The second kappa shape index (κ2) is 7.41. The third-order valence-electron chi connectivity index (χ3n) is 5.07. The summed E-state index contributed by atoms with van der Waals surface area (Å²) in [4.78, 5) is 12.3. The zero-order valence-electron chi connectivity index (χ0n) is 13.4. The summed E-state index contributed by atoms with van der Waals surface area (Å²) in [6.07, 6.45) is 5.00. The number of ether oxygens (including phenoxy) is 1. The highest BCUT2D eigenvalue weighted by molar-refractivity contribution is 5.81. The van der Waals surface area contributed by atoms with Gasteiger partial charge in [-0.2, -0.15) is 0 Å². The lowest BCUT2D eigenvalue weighted by atomic mass is 9.69. The van der Waals surface area contributed by atoms with Crippen LogP contribution in [0.2, 0.25) is 0 Å². The van der Waals surface area contributed by atoms with E-state index in [1.165, 1.54) is 12.5 Å². The number of morpholine rings is 1. The Labute approximate surface area is 136 Å². The van der Waals surface area contributed by atoms with Crippen LogP contribution in [0, 0.1) is 5.82 Å². The monoisotopic (exact) mass is 320 g/mol. The summed E-state index contributed by atoms with van der Waals surface area (Å²) in [5.74, 6) is -0.280. The van der Waals surface area contributed by atoms with Crippen LogP contribution in [-0.4, -0.2) is 38.3 Å². The number of benzene rings is 1. The van der Waals surface area contributed by atoms with Crippen molar-refractivity contribution in [2.45, 2.75) is 43.6 Å². The van der Waals surface area contributed by atoms with Gasteiger partial charge in [0.05, 0.1) is 6.61 Å². The molecule has 2 aliphatic rings. The second-order valence-electron chi connectivity index (χ2n) is 6.63. The molecule has 3 rings (SSSR count). The number of rotatable bonds is 4. The van der Waals surface area contributed by atoms with E-state index in [1.807, 2.05) is 6.07 Å².